The van der Waals surface area contributed by atoms with Crippen molar-refractivity contribution in [3.05, 3.63) is 65.4 Å². The van der Waals surface area contributed by atoms with E-state index >= 15 is 0 Å². The fourth-order valence-electron chi connectivity index (χ4n) is 3.25. The van der Waals surface area contributed by atoms with Gasteiger partial charge in [0.25, 0.3) is 11.8 Å². The molecule has 1 heterocycles. The number of hydrogen-bond donors (Lipinski definition) is 1. The van der Waals surface area contributed by atoms with Crippen LogP contribution in [0.2, 0.25) is 0 Å². The first kappa shape index (κ1) is 19.6. The Labute approximate surface area is 164 Å². The van der Waals surface area contributed by atoms with Crippen molar-refractivity contribution in [3.63, 3.8) is 0 Å². The van der Waals surface area contributed by atoms with Gasteiger partial charge in [0.2, 0.25) is 0 Å². The van der Waals surface area contributed by atoms with Crippen molar-refractivity contribution >= 4 is 23.1 Å². The number of carbonyl (C=O) groups excluding carboxylic acids is 2. The van der Waals surface area contributed by atoms with Gasteiger partial charge < -0.3 is 14.7 Å². The van der Waals surface area contributed by atoms with E-state index in [0.29, 0.717) is 29.2 Å². The van der Waals surface area contributed by atoms with Crippen LogP contribution in [0.4, 0.5) is 5.69 Å². The van der Waals surface area contributed by atoms with Crippen molar-refractivity contribution in [1.82, 2.24) is 4.90 Å². The summed E-state index contributed by atoms with van der Waals surface area (Å²) < 4.78 is 5.63. The van der Waals surface area contributed by atoms with Crippen molar-refractivity contribution < 1.29 is 19.4 Å². The number of aliphatic hydroxyl groups is 1. The maximum atomic E-state index is 13.4. The van der Waals surface area contributed by atoms with E-state index < -0.39 is 11.8 Å². The summed E-state index contributed by atoms with van der Waals surface area (Å²) in [5.74, 6) is -0.356. The highest BCUT2D eigenvalue weighted by atomic mass is 16.5. The lowest BCUT2D eigenvalue weighted by atomic mass is 10.0. The van der Waals surface area contributed by atoms with E-state index in [9.17, 15) is 14.7 Å². The Bertz CT molecular complexity index is 918. The number of hydrogen-bond acceptors (Lipinski definition) is 5. The van der Waals surface area contributed by atoms with Crippen LogP contribution in [0.15, 0.2) is 54.2 Å². The van der Waals surface area contributed by atoms with Crippen LogP contribution >= 0.6 is 0 Å². The first-order chi connectivity index (χ1) is 13.5. The van der Waals surface area contributed by atoms with E-state index in [-0.39, 0.29) is 18.8 Å². The van der Waals surface area contributed by atoms with Crippen LogP contribution in [0.25, 0.3) is 5.57 Å². The molecule has 146 valence electrons. The van der Waals surface area contributed by atoms with Crippen molar-refractivity contribution in [2.24, 2.45) is 0 Å². The Morgan fingerprint density at radius 3 is 2.36 bits per heavy atom. The molecular formula is C22H24N2O4. The third-order valence-electron chi connectivity index (χ3n) is 4.62. The standard InChI is InChI=1S/C22H24N2O4/c1-4-28-18-8-6-5-7-17(18)24-21(26)19(16-11-9-15(2)10-12-16)20(22(24)27)23(3)13-14-25/h5-12,25H,4,13-14H2,1-3H3. The van der Waals surface area contributed by atoms with Gasteiger partial charge in [-0.25, -0.2) is 4.90 Å². The number of imide groups is 1. The first-order valence-corrected chi connectivity index (χ1v) is 9.23. The van der Waals surface area contributed by atoms with Gasteiger partial charge in [0.05, 0.1) is 24.5 Å². The van der Waals surface area contributed by atoms with Gasteiger partial charge in [-0.3, -0.25) is 9.59 Å². The van der Waals surface area contributed by atoms with Crippen LogP contribution in [0, 0.1) is 6.92 Å². The summed E-state index contributed by atoms with van der Waals surface area (Å²) in [5.41, 5.74) is 2.74. The third-order valence-corrected chi connectivity index (χ3v) is 4.62. The SMILES string of the molecule is CCOc1ccccc1N1C(=O)C(c2ccc(C)cc2)=C(N(C)CCO)C1=O. The largest absolute Gasteiger partial charge is 0.492 e. The van der Waals surface area contributed by atoms with E-state index in [1.165, 1.54) is 0 Å². The molecule has 0 fully saturated rings. The summed E-state index contributed by atoms with van der Waals surface area (Å²) in [6.45, 7) is 4.34. The molecule has 0 spiro atoms. The molecule has 0 aliphatic carbocycles. The number of rotatable bonds is 7. The number of para-hydroxylation sites is 2. The lowest BCUT2D eigenvalue weighted by molar-refractivity contribution is -0.120. The number of likely N-dealkylation sites (N-methyl/N-ethyl adjacent to an activating group) is 1. The van der Waals surface area contributed by atoms with Gasteiger partial charge in [0.15, 0.2) is 0 Å². The number of aliphatic hydroxyl groups excluding tert-OH is 1. The number of aryl methyl sites for hydroxylation is 1. The second-order valence-corrected chi connectivity index (χ2v) is 6.58. The Morgan fingerprint density at radius 1 is 1.04 bits per heavy atom. The predicted molar refractivity (Wildman–Crippen MR) is 108 cm³/mol. The second-order valence-electron chi connectivity index (χ2n) is 6.58. The van der Waals surface area contributed by atoms with E-state index in [2.05, 4.69) is 0 Å². The molecule has 6 nitrogen and oxygen atoms in total. The monoisotopic (exact) mass is 380 g/mol. The van der Waals surface area contributed by atoms with Gasteiger partial charge >= 0.3 is 0 Å². The van der Waals surface area contributed by atoms with Crippen molar-refractivity contribution in [1.29, 1.82) is 0 Å². The number of amides is 2. The van der Waals surface area contributed by atoms with Gasteiger partial charge in [-0.1, -0.05) is 42.0 Å². The zero-order chi connectivity index (χ0) is 20.3. The molecule has 3 rings (SSSR count). The zero-order valence-electron chi connectivity index (χ0n) is 16.3. The summed E-state index contributed by atoms with van der Waals surface area (Å²) in [5, 5.41) is 9.35. The quantitative estimate of drug-likeness (QED) is 0.748. The Hall–Kier alpha value is -3.12. The average Bonchev–Trinajstić information content (AvgIpc) is 2.94. The van der Waals surface area contributed by atoms with Gasteiger partial charge in [0.1, 0.15) is 11.4 Å². The zero-order valence-corrected chi connectivity index (χ0v) is 16.3. The summed E-state index contributed by atoms with van der Waals surface area (Å²) in [4.78, 5) is 29.5. The minimum absolute atomic E-state index is 0.127. The Morgan fingerprint density at radius 2 is 1.71 bits per heavy atom. The number of nitrogens with zero attached hydrogens (tertiary/aromatic N) is 2. The fourth-order valence-corrected chi connectivity index (χ4v) is 3.25. The minimum atomic E-state index is -0.427. The first-order valence-electron chi connectivity index (χ1n) is 9.23. The summed E-state index contributed by atoms with van der Waals surface area (Å²) in [7, 11) is 1.70. The minimum Gasteiger partial charge on any atom is -0.492 e. The molecule has 2 aromatic rings. The van der Waals surface area contributed by atoms with Gasteiger partial charge in [-0.05, 0) is 31.5 Å². The Kier molecular flexibility index (Phi) is 5.80. The molecule has 2 aromatic carbocycles. The summed E-state index contributed by atoms with van der Waals surface area (Å²) >= 11 is 0. The number of benzene rings is 2. The van der Waals surface area contributed by atoms with E-state index in [1.807, 2.05) is 38.1 Å². The molecule has 0 saturated heterocycles. The van der Waals surface area contributed by atoms with Crippen LogP contribution in [0.3, 0.4) is 0 Å². The molecule has 0 aromatic heterocycles. The van der Waals surface area contributed by atoms with Crippen molar-refractivity contribution in [2.75, 3.05) is 31.7 Å². The lowest BCUT2D eigenvalue weighted by Gasteiger charge is -2.21. The predicted octanol–water partition coefficient (Wildman–Crippen LogP) is 2.60. The van der Waals surface area contributed by atoms with Crippen LogP contribution in [0.5, 0.6) is 5.75 Å². The highest BCUT2D eigenvalue weighted by molar-refractivity contribution is 6.45. The lowest BCUT2D eigenvalue weighted by Crippen LogP contribution is -2.35. The third kappa shape index (κ3) is 3.51. The van der Waals surface area contributed by atoms with Gasteiger partial charge in [-0.2, -0.15) is 0 Å². The molecule has 0 radical (unpaired) electrons. The van der Waals surface area contributed by atoms with Crippen LogP contribution < -0.4 is 9.64 Å². The highest BCUT2D eigenvalue weighted by Crippen LogP contribution is 2.38. The van der Waals surface area contributed by atoms with E-state index in [1.54, 1.807) is 36.2 Å². The normalized spacial score (nSPS) is 14.1. The average molecular weight is 380 g/mol. The number of ether oxygens (including phenoxy) is 1. The number of carbonyl (C=O) groups is 2. The molecule has 0 unspecified atom stereocenters. The molecule has 0 atom stereocenters. The number of anilines is 1. The van der Waals surface area contributed by atoms with Crippen molar-refractivity contribution in [3.8, 4) is 5.75 Å². The molecule has 6 heteroatoms. The van der Waals surface area contributed by atoms with Gasteiger partial charge in [-0.15, -0.1) is 0 Å². The summed E-state index contributed by atoms with van der Waals surface area (Å²) in [6.07, 6.45) is 0. The smallest absolute Gasteiger partial charge is 0.282 e. The van der Waals surface area contributed by atoms with Gasteiger partial charge in [0, 0.05) is 13.6 Å². The van der Waals surface area contributed by atoms with Crippen LogP contribution in [-0.2, 0) is 9.59 Å². The fraction of sp³-hybridized carbons (Fsp3) is 0.273. The molecule has 0 saturated carbocycles. The molecule has 0 bridgehead atoms. The highest BCUT2D eigenvalue weighted by Gasteiger charge is 2.42. The molecule has 2 amide bonds. The van der Waals surface area contributed by atoms with Crippen LogP contribution in [0.1, 0.15) is 18.1 Å². The molecule has 1 N–H and O–H groups in total. The molecule has 28 heavy (non-hydrogen) atoms. The topological polar surface area (TPSA) is 70.1 Å². The maximum Gasteiger partial charge on any atom is 0.282 e. The molecule has 1 aliphatic rings. The second kappa shape index (κ2) is 8.27. The van der Waals surface area contributed by atoms with Crippen molar-refractivity contribution in [2.45, 2.75) is 13.8 Å². The molecular weight excluding hydrogens is 356 g/mol. The molecule has 1 aliphatic heterocycles. The Balaban J connectivity index is 2.13. The summed E-state index contributed by atoms with van der Waals surface area (Å²) in [6, 6.07) is 14.5. The van der Waals surface area contributed by atoms with E-state index in [4.69, 9.17) is 4.74 Å². The van der Waals surface area contributed by atoms with Crippen LogP contribution in [-0.4, -0.2) is 48.6 Å². The van der Waals surface area contributed by atoms with E-state index in [0.717, 1.165) is 10.5 Å². The maximum absolute atomic E-state index is 13.4.